The van der Waals surface area contributed by atoms with Crippen LogP contribution < -0.4 is 11.3 Å². The molecule has 0 aliphatic rings. The molecule has 0 fully saturated rings. The van der Waals surface area contributed by atoms with Gasteiger partial charge >= 0.3 is 6.18 Å². The van der Waals surface area contributed by atoms with Crippen LogP contribution in [0.4, 0.5) is 13.2 Å². The summed E-state index contributed by atoms with van der Waals surface area (Å²) >= 11 is 0. The quantitative estimate of drug-likeness (QED) is 0.502. The van der Waals surface area contributed by atoms with Gasteiger partial charge in [-0.05, 0) is 25.1 Å². The Kier molecular flexibility index (Phi) is 3.49. The third-order valence-electron chi connectivity index (χ3n) is 2.80. The number of nitrogens with two attached hydrogens (primary N) is 1. The molecular weight excluding hydrogens is 273 g/mol. The van der Waals surface area contributed by atoms with Crippen LogP contribution in [-0.2, 0) is 6.18 Å². The maximum Gasteiger partial charge on any atom is 0.416 e. The molecule has 2 rings (SSSR count). The number of carbonyl (C=O) groups excluding carboxylic acids is 1. The lowest BCUT2D eigenvalue weighted by Gasteiger charge is -2.10. The van der Waals surface area contributed by atoms with E-state index in [4.69, 9.17) is 5.84 Å². The number of amides is 1. The van der Waals surface area contributed by atoms with E-state index < -0.39 is 17.6 Å². The molecule has 0 bridgehead atoms. The van der Waals surface area contributed by atoms with E-state index in [0.29, 0.717) is 5.69 Å². The van der Waals surface area contributed by atoms with Crippen molar-refractivity contribution in [2.24, 2.45) is 5.84 Å². The summed E-state index contributed by atoms with van der Waals surface area (Å²) in [7, 11) is 0. The van der Waals surface area contributed by atoms with Crippen molar-refractivity contribution in [2.75, 3.05) is 0 Å². The summed E-state index contributed by atoms with van der Waals surface area (Å²) < 4.78 is 39.2. The van der Waals surface area contributed by atoms with Crippen LogP contribution in [0.25, 0.3) is 5.69 Å². The minimum Gasteiger partial charge on any atom is -0.290 e. The van der Waals surface area contributed by atoms with Crippen LogP contribution in [0, 0.1) is 6.92 Å². The number of nitrogen functional groups attached to an aromatic ring is 1. The summed E-state index contributed by atoms with van der Waals surface area (Å²) in [5, 5.41) is 3.91. The monoisotopic (exact) mass is 284 g/mol. The van der Waals surface area contributed by atoms with Crippen LogP contribution in [0.2, 0.25) is 0 Å². The minimum atomic E-state index is -4.44. The number of hydrazine groups is 1. The first-order valence-corrected chi connectivity index (χ1v) is 5.58. The fourth-order valence-electron chi connectivity index (χ4n) is 1.78. The van der Waals surface area contributed by atoms with Gasteiger partial charge in [-0.1, -0.05) is 6.07 Å². The minimum absolute atomic E-state index is 0.199. The Morgan fingerprint density at radius 3 is 2.70 bits per heavy atom. The lowest BCUT2D eigenvalue weighted by Crippen LogP contribution is -2.30. The van der Waals surface area contributed by atoms with Crippen LogP contribution in [0.3, 0.4) is 0 Å². The number of hydrogen-bond donors (Lipinski definition) is 2. The van der Waals surface area contributed by atoms with E-state index >= 15 is 0 Å². The van der Waals surface area contributed by atoms with Crippen molar-refractivity contribution in [3.63, 3.8) is 0 Å². The normalized spacial score (nSPS) is 11.4. The molecule has 0 radical (unpaired) electrons. The van der Waals surface area contributed by atoms with Crippen molar-refractivity contribution in [3.05, 3.63) is 47.3 Å². The van der Waals surface area contributed by atoms with Gasteiger partial charge in [0.2, 0.25) is 0 Å². The van der Waals surface area contributed by atoms with Crippen molar-refractivity contribution in [2.45, 2.75) is 13.1 Å². The van der Waals surface area contributed by atoms with Gasteiger partial charge in [0.25, 0.3) is 5.91 Å². The number of alkyl halides is 3. The molecule has 8 heteroatoms. The molecule has 20 heavy (non-hydrogen) atoms. The van der Waals surface area contributed by atoms with E-state index in [-0.39, 0.29) is 11.3 Å². The molecule has 3 N–H and O–H groups in total. The van der Waals surface area contributed by atoms with Gasteiger partial charge in [0.05, 0.1) is 28.7 Å². The molecule has 0 unspecified atom stereocenters. The second kappa shape index (κ2) is 4.97. The zero-order valence-electron chi connectivity index (χ0n) is 10.4. The number of nitrogens with zero attached hydrogens (tertiary/aromatic N) is 2. The van der Waals surface area contributed by atoms with Gasteiger partial charge in [0, 0.05) is 0 Å². The topological polar surface area (TPSA) is 72.9 Å². The van der Waals surface area contributed by atoms with Gasteiger partial charge in [-0.15, -0.1) is 0 Å². The molecule has 1 amide bonds. The Labute approximate surface area is 112 Å². The number of nitrogens with one attached hydrogen (secondary N) is 1. The molecule has 1 aromatic carbocycles. The van der Waals surface area contributed by atoms with Crippen molar-refractivity contribution in [1.82, 2.24) is 15.2 Å². The molecule has 0 saturated heterocycles. The van der Waals surface area contributed by atoms with Crippen LogP contribution in [0.1, 0.15) is 21.6 Å². The van der Waals surface area contributed by atoms with E-state index in [9.17, 15) is 18.0 Å². The third-order valence-corrected chi connectivity index (χ3v) is 2.80. The standard InChI is InChI=1S/C12H11F3N4O/c1-7-10(11(20)18-16)6-17-19(7)9-4-2-3-8(5-9)12(13,14)15/h2-6H,16H2,1H3,(H,18,20). The molecule has 0 saturated carbocycles. The maximum atomic E-state index is 12.7. The molecule has 5 nitrogen and oxygen atoms in total. The molecule has 1 heterocycles. The van der Waals surface area contributed by atoms with Crippen molar-refractivity contribution >= 4 is 5.91 Å². The average molecular weight is 284 g/mol. The predicted octanol–water partition coefficient (Wildman–Crippen LogP) is 1.80. The highest BCUT2D eigenvalue weighted by molar-refractivity contribution is 5.94. The second-order valence-electron chi connectivity index (χ2n) is 4.08. The molecule has 106 valence electrons. The SMILES string of the molecule is Cc1c(C(=O)NN)cnn1-c1cccc(C(F)(F)F)c1. The molecular formula is C12H11F3N4O. The summed E-state index contributed by atoms with van der Waals surface area (Å²) in [6.07, 6.45) is -3.19. The highest BCUT2D eigenvalue weighted by Gasteiger charge is 2.30. The third kappa shape index (κ3) is 2.50. The highest BCUT2D eigenvalue weighted by atomic mass is 19.4. The Morgan fingerprint density at radius 2 is 2.10 bits per heavy atom. The molecule has 2 aromatic rings. The zero-order chi connectivity index (χ0) is 14.9. The lowest BCUT2D eigenvalue weighted by molar-refractivity contribution is -0.137. The highest BCUT2D eigenvalue weighted by Crippen LogP contribution is 2.30. The number of aromatic nitrogens is 2. The fraction of sp³-hybridized carbons (Fsp3) is 0.167. The number of carbonyl (C=O) groups is 1. The van der Waals surface area contributed by atoms with Gasteiger partial charge in [0.1, 0.15) is 0 Å². The molecule has 1 aromatic heterocycles. The Morgan fingerprint density at radius 1 is 1.40 bits per heavy atom. The summed E-state index contributed by atoms with van der Waals surface area (Å²) in [6.45, 7) is 1.57. The van der Waals surface area contributed by atoms with E-state index in [1.54, 1.807) is 6.92 Å². The number of halogens is 3. The maximum absolute atomic E-state index is 12.7. The molecule has 0 aliphatic heterocycles. The first-order chi connectivity index (χ1) is 9.34. The smallest absolute Gasteiger partial charge is 0.290 e. The van der Waals surface area contributed by atoms with Gasteiger partial charge in [-0.3, -0.25) is 10.2 Å². The van der Waals surface area contributed by atoms with Crippen LogP contribution in [0.5, 0.6) is 0 Å². The van der Waals surface area contributed by atoms with E-state index in [0.717, 1.165) is 12.1 Å². The van der Waals surface area contributed by atoms with Crippen molar-refractivity contribution < 1.29 is 18.0 Å². The first-order valence-electron chi connectivity index (χ1n) is 5.58. The summed E-state index contributed by atoms with van der Waals surface area (Å²) in [5.41, 5.74) is 1.98. The first kappa shape index (κ1) is 14.1. The lowest BCUT2D eigenvalue weighted by atomic mass is 10.2. The molecule has 0 spiro atoms. The van der Waals surface area contributed by atoms with Crippen molar-refractivity contribution in [3.8, 4) is 5.69 Å². The van der Waals surface area contributed by atoms with Crippen molar-refractivity contribution in [1.29, 1.82) is 0 Å². The predicted molar refractivity (Wildman–Crippen MR) is 65.0 cm³/mol. The average Bonchev–Trinajstić information content (AvgIpc) is 2.79. The Bertz CT molecular complexity index is 648. The van der Waals surface area contributed by atoms with E-state index in [2.05, 4.69) is 5.10 Å². The summed E-state index contributed by atoms with van der Waals surface area (Å²) in [5.74, 6) is 4.46. The van der Waals surface area contributed by atoms with E-state index in [1.165, 1.54) is 23.0 Å². The van der Waals surface area contributed by atoms with Gasteiger partial charge in [-0.2, -0.15) is 18.3 Å². The molecule has 0 aliphatic carbocycles. The van der Waals surface area contributed by atoms with Gasteiger partial charge in [0.15, 0.2) is 0 Å². The van der Waals surface area contributed by atoms with Gasteiger partial charge < -0.3 is 0 Å². The number of benzene rings is 1. The molecule has 0 atom stereocenters. The van der Waals surface area contributed by atoms with Crippen LogP contribution >= 0.6 is 0 Å². The van der Waals surface area contributed by atoms with Crippen LogP contribution in [-0.4, -0.2) is 15.7 Å². The number of hydrogen-bond acceptors (Lipinski definition) is 3. The second-order valence-corrected chi connectivity index (χ2v) is 4.08. The van der Waals surface area contributed by atoms with Gasteiger partial charge in [-0.25, -0.2) is 10.5 Å². The Hall–Kier alpha value is -2.35. The number of rotatable bonds is 2. The summed E-state index contributed by atoms with van der Waals surface area (Å²) in [4.78, 5) is 11.4. The Balaban J connectivity index is 2.48. The van der Waals surface area contributed by atoms with E-state index in [1.807, 2.05) is 5.43 Å². The summed E-state index contributed by atoms with van der Waals surface area (Å²) in [6, 6.07) is 4.68. The largest absolute Gasteiger partial charge is 0.416 e. The zero-order valence-corrected chi connectivity index (χ0v) is 10.4. The fourth-order valence-corrected chi connectivity index (χ4v) is 1.78. The van der Waals surface area contributed by atoms with Crippen LogP contribution in [0.15, 0.2) is 30.5 Å².